The van der Waals surface area contributed by atoms with Crippen LogP contribution in [0, 0.1) is 5.41 Å². The first-order valence-electron chi connectivity index (χ1n) is 5.61. The first-order valence-corrected chi connectivity index (χ1v) is 5.61. The highest BCUT2D eigenvalue weighted by Gasteiger charge is 2.27. The fourth-order valence-electron chi connectivity index (χ4n) is 1.38. The number of aliphatic hydroxyl groups excluding tert-OH is 1. The monoisotopic (exact) mass is 236 g/mol. The smallest absolute Gasteiger partial charge is 0.241 e. The van der Waals surface area contributed by atoms with E-state index in [4.69, 9.17) is 10.8 Å². The summed E-state index contributed by atoms with van der Waals surface area (Å²) in [6, 6.07) is 6.54. The Labute approximate surface area is 102 Å². The van der Waals surface area contributed by atoms with Crippen molar-refractivity contribution in [1.82, 2.24) is 0 Å². The van der Waals surface area contributed by atoms with Crippen LogP contribution in [0.3, 0.4) is 0 Å². The van der Waals surface area contributed by atoms with E-state index in [0.717, 1.165) is 0 Å². The number of rotatable bonds is 3. The normalized spacial score (nSPS) is 13.2. The molecule has 1 aromatic rings. The number of hydrogen-bond donors (Lipinski definition) is 3. The molecule has 94 valence electrons. The number of anilines is 1. The van der Waals surface area contributed by atoms with Gasteiger partial charge in [0.15, 0.2) is 0 Å². The zero-order chi connectivity index (χ0) is 13.1. The van der Waals surface area contributed by atoms with E-state index in [2.05, 4.69) is 5.32 Å². The molecule has 4 heteroatoms. The van der Waals surface area contributed by atoms with E-state index in [1.54, 1.807) is 18.2 Å². The van der Waals surface area contributed by atoms with E-state index < -0.39 is 6.04 Å². The van der Waals surface area contributed by atoms with Crippen LogP contribution < -0.4 is 11.1 Å². The number of amides is 1. The lowest BCUT2D eigenvalue weighted by atomic mass is 9.87. The van der Waals surface area contributed by atoms with Gasteiger partial charge in [-0.15, -0.1) is 0 Å². The number of benzene rings is 1. The highest BCUT2D eigenvalue weighted by molar-refractivity contribution is 5.95. The highest BCUT2D eigenvalue weighted by atomic mass is 16.3. The fourth-order valence-corrected chi connectivity index (χ4v) is 1.38. The molecule has 4 nitrogen and oxygen atoms in total. The third-order valence-corrected chi connectivity index (χ3v) is 2.66. The van der Waals surface area contributed by atoms with Crippen molar-refractivity contribution >= 4 is 11.6 Å². The molecule has 0 aliphatic heterocycles. The van der Waals surface area contributed by atoms with E-state index in [9.17, 15) is 4.79 Å². The molecule has 0 bridgehead atoms. The molecule has 0 aliphatic rings. The molecule has 0 radical (unpaired) electrons. The van der Waals surface area contributed by atoms with Crippen molar-refractivity contribution in [2.45, 2.75) is 33.4 Å². The van der Waals surface area contributed by atoms with Gasteiger partial charge in [-0.3, -0.25) is 4.79 Å². The second-order valence-electron chi connectivity index (χ2n) is 5.15. The van der Waals surface area contributed by atoms with Gasteiger partial charge in [0, 0.05) is 11.3 Å². The van der Waals surface area contributed by atoms with Crippen LogP contribution in [0.25, 0.3) is 0 Å². The number of hydrogen-bond acceptors (Lipinski definition) is 3. The Balaban J connectivity index is 2.81. The summed E-state index contributed by atoms with van der Waals surface area (Å²) < 4.78 is 0. The standard InChI is InChI=1S/C13H20N2O2/c1-13(2,3)11(14)12(17)15-10-7-5-4-6-9(10)8-16/h4-7,11,16H,8,14H2,1-3H3,(H,15,17). The zero-order valence-corrected chi connectivity index (χ0v) is 10.5. The van der Waals surface area contributed by atoms with Crippen molar-refractivity contribution in [2.24, 2.45) is 11.1 Å². The molecule has 0 saturated carbocycles. The van der Waals surface area contributed by atoms with Gasteiger partial charge in [0.2, 0.25) is 5.91 Å². The van der Waals surface area contributed by atoms with Crippen molar-refractivity contribution in [3.8, 4) is 0 Å². The van der Waals surface area contributed by atoms with Crippen LogP contribution in [-0.2, 0) is 11.4 Å². The maximum absolute atomic E-state index is 11.9. The van der Waals surface area contributed by atoms with Crippen LogP contribution in [0.1, 0.15) is 26.3 Å². The summed E-state index contributed by atoms with van der Waals surface area (Å²) in [4.78, 5) is 11.9. The Kier molecular flexibility index (Phi) is 4.26. The lowest BCUT2D eigenvalue weighted by molar-refractivity contribution is -0.119. The summed E-state index contributed by atoms with van der Waals surface area (Å²) in [5.74, 6) is -0.238. The summed E-state index contributed by atoms with van der Waals surface area (Å²) in [6.07, 6.45) is 0. The largest absolute Gasteiger partial charge is 0.392 e. The van der Waals surface area contributed by atoms with Crippen molar-refractivity contribution in [2.75, 3.05) is 5.32 Å². The predicted octanol–water partition coefficient (Wildman–Crippen LogP) is 1.49. The van der Waals surface area contributed by atoms with Crippen LogP contribution in [0.2, 0.25) is 0 Å². The molecule has 1 aromatic carbocycles. The molecule has 0 aromatic heterocycles. The summed E-state index contributed by atoms with van der Waals surface area (Å²) in [5, 5.41) is 11.9. The third kappa shape index (κ3) is 3.54. The quantitative estimate of drug-likeness (QED) is 0.744. The van der Waals surface area contributed by atoms with Gasteiger partial charge in [0.1, 0.15) is 0 Å². The Hall–Kier alpha value is -1.39. The molecule has 4 N–H and O–H groups in total. The number of carbonyl (C=O) groups excluding carboxylic acids is 1. The minimum absolute atomic E-state index is 0.110. The molecular formula is C13H20N2O2. The Bertz CT molecular complexity index is 397. The number of aliphatic hydroxyl groups is 1. The van der Waals surface area contributed by atoms with Crippen LogP contribution in [0.5, 0.6) is 0 Å². The Morgan fingerprint density at radius 1 is 1.41 bits per heavy atom. The molecule has 0 spiro atoms. The van der Waals surface area contributed by atoms with Crippen molar-refractivity contribution in [3.05, 3.63) is 29.8 Å². The van der Waals surface area contributed by atoms with E-state index in [1.807, 2.05) is 26.8 Å². The van der Waals surface area contributed by atoms with Gasteiger partial charge in [-0.25, -0.2) is 0 Å². The van der Waals surface area contributed by atoms with Crippen LogP contribution in [-0.4, -0.2) is 17.1 Å². The summed E-state index contributed by atoms with van der Waals surface area (Å²) in [6.45, 7) is 5.63. The SMILES string of the molecule is CC(C)(C)C(N)C(=O)Nc1ccccc1CO. The number of nitrogens with two attached hydrogens (primary N) is 1. The summed E-state index contributed by atoms with van der Waals surface area (Å²) in [7, 11) is 0. The van der Waals surface area contributed by atoms with Crippen molar-refractivity contribution in [1.29, 1.82) is 0 Å². The second kappa shape index (κ2) is 5.29. The first-order chi connectivity index (χ1) is 7.86. The molecule has 0 aliphatic carbocycles. The molecule has 0 fully saturated rings. The molecule has 17 heavy (non-hydrogen) atoms. The zero-order valence-electron chi connectivity index (χ0n) is 10.5. The van der Waals surface area contributed by atoms with Gasteiger partial charge in [0.05, 0.1) is 12.6 Å². The summed E-state index contributed by atoms with van der Waals surface area (Å²) in [5.41, 5.74) is 6.86. The maximum atomic E-state index is 11.9. The van der Waals surface area contributed by atoms with Gasteiger partial charge in [-0.1, -0.05) is 39.0 Å². The molecule has 1 rings (SSSR count). The molecule has 1 unspecified atom stereocenters. The van der Waals surface area contributed by atoms with Crippen LogP contribution >= 0.6 is 0 Å². The Morgan fingerprint density at radius 3 is 2.53 bits per heavy atom. The van der Waals surface area contributed by atoms with E-state index in [0.29, 0.717) is 11.3 Å². The third-order valence-electron chi connectivity index (χ3n) is 2.66. The van der Waals surface area contributed by atoms with Crippen molar-refractivity contribution in [3.63, 3.8) is 0 Å². The molecule has 0 saturated heterocycles. The van der Waals surface area contributed by atoms with Gasteiger partial charge >= 0.3 is 0 Å². The lowest BCUT2D eigenvalue weighted by Crippen LogP contribution is -2.45. The summed E-state index contributed by atoms with van der Waals surface area (Å²) >= 11 is 0. The van der Waals surface area contributed by atoms with Crippen molar-refractivity contribution < 1.29 is 9.90 Å². The minimum Gasteiger partial charge on any atom is -0.392 e. The second-order valence-corrected chi connectivity index (χ2v) is 5.15. The predicted molar refractivity (Wildman–Crippen MR) is 68.4 cm³/mol. The number of carbonyl (C=O) groups is 1. The minimum atomic E-state index is -0.589. The van der Waals surface area contributed by atoms with Gasteiger partial charge in [-0.05, 0) is 11.5 Å². The molecule has 1 atom stereocenters. The average molecular weight is 236 g/mol. The van der Waals surface area contributed by atoms with E-state index in [-0.39, 0.29) is 17.9 Å². The fraction of sp³-hybridized carbons (Fsp3) is 0.462. The topological polar surface area (TPSA) is 75.4 Å². The van der Waals surface area contributed by atoms with Crippen LogP contribution in [0.4, 0.5) is 5.69 Å². The number of para-hydroxylation sites is 1. The molecular weight excluding hydrogens is 216 g/mol. The highest BCUT2D eigenvalue weighted by Crippen LogP contribution is 2.20. The van der Waals surface area contributed by atoms with E-state index >= 15 is 0 Å². The first kappa shape index (κ1) is 13.7. The molecule has 1 amide bonds. The Morgan fingerprint density at radius 2 is 2.00 bits per heavy atom. The van der Waals surface area contributed by atoms with Gasteiger partial charge < -0.3 is 16.2 Å². The van der Waals surface area contributed by atoms with Crippen LogP contribution in [0.15, 0.2) is 24.3 Å². The average Bonchev–Trinajstić information content (AvgIpc) is 2.27. The lowest BCUT2D eigenvalue weighted by Gasteiger charge is -2.26. The maximum Gasteiger partial charge on any atom is 0.241 e. The number of nitrogens with one attached hydrogen (secondary N) is 1. The molecule has 0 heterocycles. The van der Waals surface area contributed by atoms with E-state index in [1.165, 1.54) is 0 Å². The van der Waals surface area contributed by atoms with Gasteiger partial charge in [0.25, 0.3) is 0 Å². The van der Waals surface area contributed by atoms with Gasteiger partial charge in [-0.2, -0.15) is 0 Å².